The summed E-state index contributed by atoms with van der Waals surface area (Å²) in [4.78, 5) is 0. The Morgan fingerprint density at radius 1 is 0.245 bits per heavy atom. The number of furan rings is 1. The lowest BCUT2D eigenvalue weighted by atomic mass is 9.89. The smallest absolute Gasteiger partial charge is 0.143 e. The van der Waals surface area contributed by atoms with Gasteiger partial charge >= 0.3 is 0 Å². The van der Waals surface area contributed by atoms with Crippen LogP contribution in [-0.4, -0.2) is 0 Å². The zero-order valence-corrected chi connectivity index (χ0v) is 26.6. The van der Waals surface area contributed by atoms with Crippen molar-refractivity contribution < 1.29 is 4.42 Å². The molecule has 0 bridgehead atoms. The summed E-state index contributed by atoms with van der Waals surface area (Å²) >= 11 is 0. The van der Waals surface area contributed by atoms with Crippen LogP contribution in [0.15, 0.2) is 174 Å². The highest BCUT2D eigenvalue weighted by Gasteiger charge is 2.20. The molecule has 1 heteroatoms. The molecular formula is C48H28O. The first-order valence-electron chi connectivity index (χ1n) is 16.9. The van der Waals surface area contributed by atoms with E-state index in [0.717, 1.165) is 32.9 Å². The Morgan fingerprint density at radius 3 is 1.59 bits per heavy atom. The lowest BCUT2D eigenvalue weighted by Gasteiger charge is -2.15. The monoisotopic (exact) mass is 620 g/mol. The Kier molecular flexibility index (Phi) is 5.45. The normalized spacial score (nSPS) is 12.1. The molecule has 11 rings (SSSR count). The molecule has 1 aromatic heterocycles. The second kappa shape index (κ2) is 10.0. The Labute approximate surface area is 282 Å². The molecule has 0 atom stereocenters. The minimum atomic E-state index is 0.927. The van der Waals surface area contributed by atoms with E-state index in [9.17, 15) is 0 Å². The molecule has 1 nitrogen and oxygen atoms in total. The van der Waals surface area contributed by atoms with Crippen LogP contribution < -0.4 is 0 Å². The summed E-state index contributed by atoms with van der Waals surface area (Å²) in [6, 6.07) is 62.0. The fraction of sp³-hybridized carbons (Fsp3) is 0. The Hall–Kier alpha value is -6.44. The first-order valence-corrected chi connectivity index (χ1v) is 16.9. The van der Waals surface area contributed by atoms with Crippen LogP contribution in [0.4, 0.5) is 0 Å². The summed E-state index contributed by atoms with van der Waals surface area (Å²) in [5.41, 5.74) is 8.98. The summed E-state index contributed by atoms with van der Waals surface area (Å²) in [6.07, 6.45) is 0. The van der Waals surface area contributed by atoms with Gasteiger partial charge in [0.25, 0.3) is 0 Å². The largest absolute Gasteiger partial charge is 0.455 e. The van der Waals surface area contributed by atoms with E-state index in [4.69, 9.17) is 4.42 Å². The predicted octanol–water partition coefficient (Wildman–Crippen LogP) is 13.8. The maximum Gasteiger partial charge on any atom is 0.143 e. The van der Waals surface area contributed by atoms with Crippen molar-refractivity contribution in [1.29, 1.82) is 0 Å². The molecular weight excluding hydrogens is 593 g/mol. The standard InChI is InChI=1S/C48H28O/c1-3-12-36-29(7-1)9-6-14-40(36)42-28-27-38(46-43-26-21-30-8-2-4-13-39(30)47(43)49-48(42)46)32-17-15-31(16-18-32)37-24-22-35-20-19-33-10-5-11-34-23-25-41(37)45(35)44(33)34/h1-28H. The predicted molar refractivity (Wildman–Crippen MR) is 209 cm³/mol. The summed E-state index contributed by atoms with van der Waals surface area (Å²) in [5.74, 6) is 0. The van der Waals surface area contributed by atoms with Crippen molar-refractivity contribution in [3.8, 4) is 33.4 Å². The van der Waals surface area contributed by atoms with Crippen LogP contribution in [0.2, 0.25) is 0 Å². The van der Waals surface area contributed by atoms with Gasteiger partial charge in [-0.15, -0.1) is 0 Å². The molecule has 10 aromatic carbocycles. The molecule has 0 amide bonds. The summed E-state index contributed by atoms with van der Waals surface area (Å²) in [5, 5.41) is 14.9. The number of hydrogen-bond acceptors (Lipinski definition) is 1. The number of rotatable bonds is 3. The number of benzene rings is 10. The van der Waals surface area contributed by atoms with E-state index in [1.165, 1.54) is 76.3 Å². The highest BCUT2D eigenvalue weighted by Crippen LogP contribution is 2.45. The van der Waals surface area contributed by atoms with E-state index in [2.05, 4.69) is 170 Å². The lowest BCUT2D eigenvalue weighted by Crippen LogP contribution is -1.88. The van der Waals surface area contributed by atoms with Gasteiger partial charge in [0.2, 0.25) is 0 Å². The molecule has 0 aliphatic rings. The van der Waals surface area contributed by atoms with Crippen molar-refractivity contribution in [1.82, 2.24) is 0 Å². The van der Waals surface area contributed by atoms with Crippen LogP contribution in [0.3, 0.4) is 0 Å². The molecule has 1 heterocycles. The highest BCUT2D eigenvalue weighted by molar-refractivity contribution is 6.26. The highest BCUT2D eigenvalue weighted by atomic mass is 16.3. The maximum atomic E-state index is 6.96. The molecule has 11 aromatic rings. The van der Waals surface area contributed by atoms with Crippen molar-refractivity contribution in [3.05, 3.63) is 170 Å². The van der Waals surface area contributed by atoms with Crippen molar-refractivity contribution in [2.45, 2.75) is 0 Å². The molecule has 0 saturated heterocycles. The minimum Gasteiger partial charge on any atom is -0.455 e. The van der Waals surface area contributed by atoms with Gasteiger partial charge < -0.3 is 4.42 Å². The SMILES string of the molecule is c1ccc2c(-c3ccc(-c4ccc(-c5ccc6ccc7cccc8ccc5c6c78)cc4)c4c3oc3c5ccccc5ccc34)cccc2c1. The van der Waals surface area contributed by atoms with Gasteiger partial charge in [0, 0.05) is 21.7 Å². The van der Waals surface area contributed by atoms with Gasteiger partial charge in [-0.2, -0.15) is 0 Å². The topological polar surface area (TPSA) is 13.1 Å². The van der Waals surface area contributed by atoms with Crippen molar-refractivity contribution >= 4 is 75.8 Å². The molecule has 0 unspecified atom stereocenters. The molecule has 49 heavy (non-hydrogen) atoms. The fourth-order valence-electron chi connectivity index (χ4n) is 8.34. The Bertz CT molecular complexity index is 3070. The van der Waals surface area contributed by atoms with E-state index in [-0.39, 0.29) is 0 Å². The lowest BCUT2D eigenvalue weighted by molar-refractivity contribution is 0.674. The third-order valence-corrected chi connectivity index (χ3v) is 10.6. The second-order valence-corrected chi connectivity index (χ2v) is 13.2. The Morgan fingerprint density at radius 2 is 0.776 bits per heavy atom. The van der Waals surface area contributed by atoms with Crippen LogP contribution in [0.1, 0.15) is 0 Å². The average molecular weight is 621 g/mol. The fourth-order valence-corrected chi connectivity index (χ4v) is 8.34. The zero-order valence-electron chi connectivity index (χ0n) is 26.6. The third kappa shape index (κ3) is 3.82. The van der Waals surface area contributed by atoms with Gasteiger partial charge in [0.15, 0.2) is 0 Å². The molecule has 0 fully saturated rings. The zero-order chi connectivity index (χ0) is 32.1. The van der Waals surface area contributed by atoms with Gasteiger partial charge in [0.05, 0.1) is 0 Å². The summed E-state index contributed by atoms with van der Waals surface area (Å²) in [7, 11) is 0. The quantitative estimate of drug-likeness (QED) is 0.179. The van der Waals surface area contributed by atoms with E-state index < -0.39 is 0 Å². The Balaban J connectivity index is 1.13. The number of hydrogen-bond donors (Lipinski definition) is 0. The molecule has 0 radical (unpaired) electrons. The van der Waals surface area contributed by atoms with E-state index >= 15 is 0 Å². The van der Waals surface area contributed by atoms with E-state index in [0.29, 0.717) is 0 Å². The second-order valence-electron chi connectivity index (χ2n) is 13.2. The minimum absolute atomic E-state index is 0.927. The molecule has 0 aliphatic carbocycles. The van der Waals surface area contributed by atoms with E-state index in [1.807, 2.05) is 0 Å². The van der Waals surface area contributed by atoms with Crippen molar-refractivity contribution in [2.24, 2.45) is 0 Å². The first-order chi connectivity index (χ1) is 24.3. The maximum absolute atomic E-state index is 6.96. The van der Waals surface area contributed by atoms with Crippen molar-refractivity contribution in [3.63, 3.8) is 0 Å². The van der Waals surface area contributed by atoms with E-state index in [1.54, 1.807) is 0 Å². The molecule has 0 spiro atoms. The van der Waals surface area contributed by atoms with Crippen LogP contribution in [-0.2, 0) is 0 Å². The van der Waals surface area contributed by atoms with Crippen LogP contribution >= 0.6 is 0 Å². The summed E-state index contributed by atoms with van der Waals surface area (Å²) < 4.78 is 6.96. The van der Waals surface area contributed by atoms with Gasteiger partial charge in [-0.05, 0) is 88.4 Å². The third-order valence-electron chi connectivity index (χ3n) is 10.6. The molecule has 0 aliphatic heterocycles. The van der Waals surface area contributed by atoms with Crippen LogP contribution in [0.5, 0.6) is 0 Å². The molecule has 0 saturated carbocycles. The summed E-state index contributed by atoms with van der Waals surface area (Å²) in [6.45, 7) is 0. The number of fused-ring (bicyclic) bond motifs is 6. The first kappa shape index (κ1) is 26.6. The van der Waals surface area contributed by atoms with Crippen molar-refractivity contribution in [2.75, 3.05) is 0 Å². The average Bonchev–Trinajstić information content (AvgIpc) is 3.57. The molecule has 0 N–H and O–H groups in total. The molecule has 226 valence electrons. The van der Waals surface area contributed by atoms with Crippen LogP contribution in [0, 0.1) is 0 Å². The van der Waals surface area contributed by atoms with Gasteiger partial charge in [0.1, 0.15) is 11.2 Å². The van der Waals surface area contributed by atoms with Crippen LogP contribution in [0.25, 0.3) is 109 Å². The van der Waals surface area contributed by atoms with Gasteiger partial charge in [-0.1, -0.05) is 158 Å². The van der Waals surface area contributed by atoms with Gasteiger partial charge in [-0.3, -0.25) is 0 Å². The van der Waals surface area contributed by atoms with Gasteiger partial charge in [-0.25, -0.2) is 0 Å².